The van der Waals surface area contributed by atoms with Crippen LogP contribution in [0.15, 0.2) is 67.0 Å². The van der Waals surface area contributed by atoms with Gasteiger partial charge in [-0.25, -0.2) is 14.4 Å². The monoisotopic (exact) mass is 441 g/mol. The van der Waals surface area contributed by atoms with Crippen LogP contribution >= 0.6 is 0 Å². The summed E-state index contributed by atoms with van der Waals surface area (Å²) < 4.78 is 13.9. The summed E-state index contributed by atoms with van der Waals surface area (Å²) >= 11 is 0. The number of nitrogens with zero attached hydrogens (tertiary/aromatic N) is 4. The number of pyridine rings is 1. The second kappa shape index (κ2) is 9.03. The van der Waals surface area contributed by atoms with E-state index in [-0.39, 0.29) is 11.6 Å². The molecule has 33 heavy (non-hydrogen) atoms. The second-order valence-corrected chi connectivity index (χ2v) is 8.41. The number of nitrogens with one attached hydrogen (secondary N) is 1. The van der Waals surface area contributed by atoms with Gasteiger partial charge in [0.2, 0.25) is 0 Å². The van der Waals surface area contributed by atoms with E-state index < -0.39 is 11.7 Å². The number of fused-ring (bicyclic) bond motifs is 1. The molecule has 0 saturated carbocycles. The lowest BCUT2D eigenvalue weighted by molar-refractivity contribution is 0.102. The molecule has 166 valence electrons. The van der Waals surface area contributed by atoms with Gasteiger partial charge in [0.25, 0.3) is 5.91 Å². The number of aromatic nitrogens is 3. The maximum absolute atomic E-state index is 13.9. The summed E-state index contributed by atoms with van der Waals surface area (Å²) in [5.74, 6) is 0.0763. The molecule has 0 spiro atoms. The second-order valence-electron chi connectivity index (χ2n) is 8.41. The Morgan fingerprint density at radius 3 is 2.88 bits per heavy atom. The van der Waals surface area contributed by atoms with Crippen molar-refractivity contribution in [3.63, 3.8) is 0 Å². The van der Waals surface area contributed by atoms with Crippen LogP contribution in [0.5, 0.6) is 0 Å². The molecule has 1 aliphatic heterocycles. The molecule has 4 aromatic rings. The number of carbonyl (C=O) groups excluding carboxylic acids is 1. The van der Waals surface area contributed by atoms with Crippen LogP contribution in [0.4, 0.5) is 10.1 Å². The molecule has 2 aromatic carbocycles. The molecule has 1 saturated heterocycles. The summed E-state index contributed by atoms with van der Waals surface area (Å²) in [4.78, 5) is 28.5. The summed E-state index contributed by atoms with van der Waals surface area (Å²) in [5.41, 5.74) is 3.34. The van der Waals surface area contributed by atoms with Crippen LogP contribution in [0.3, 0.4) is 0 Å². The molecule has 1 amide bonds. The number of likely N-dealkylation sites (tertiary alicyclic amines) is 1. The minimum Gasteiger partial charge on any atom is -0.319 e. The maximum atomic E-state index is 13.9. The maximum Gasteiger partial charge on any atom is 0.259 e. The van der Waals surface area contributed by atoms with Crippen LogP contribution in [0.25, 0.3) is 10.9 Å². The SMILES string of the molecule is Cc1nc([C@@H]2CCN(Cc3ccc4ncccc4c3)C2)ncc1C(=O)Nc1ccccc1F. The van der Waals surface area contributed by atoms with Gasteiger partial charge >= 0.3 is 0 Å². The van der Waals surface area contributed by atoms with Gasteiger partial charge in [-0.1, -0.05) is 24.3 Å². The fraction of sp³-hybridized carbons (Fsp3) is 0.231. The third-order valence-electron chi connectivity index (χ3n) is 6.08. The molecule has 2 aromatic heterocycles. The predicted molar refractivity (Wildman–Crippen MR) is 126 cm³/mol. The summed E-state index contributed by atoms with van der Waals surface area (Å²) in [6.07, 6.45) is 4.33. The predicted octanol–water partition coefficient (Wildman–Crippen LogP) is 4.71. The standard InChI is InChI=1S/C26H24FN5O/c1-17-21(26(33)31-24-7-3-2-6-22(24)27)14-29-25(30-17)20-10-12-32(16-20)15-18-8-9-23-19(13-18)5-4-11-28-23/h2-9,11,13-14,20H,10,12,15-16H2,1H3,(H,31,33)/t20-/m1/s1. The normalized spacial score (nSPS) is 16.2. The number of hydrogen-bond donors (Lipinski definition) is 1. The van der Waals surface area contributed by atoms with E-state index in [2.05, 4.69) is 49.4 Å². The molecule has 6 nitrogen and oxygen atoms in total. The molecule has 0 aliphatic carbocycles. The lowest BCUT2D eigenvalue weighted by Crippen LogP contribution is -2.21. The lowest BCUT2D eigenvalue weighted by atomic mass is 10.1. The first-order valence-corrected chi connectivity index (χ1v) is 11.0. The highest BCUT2D eigenvalue weighted by Crippen LogP contribution is 2.27. The topological polar surface area (TPSA) is 71.0 Å². The van der Waals surface area contributed by atoms with Crippen molar-refractivity contribution in [3.05, 3.63) is 95.5 Å². The van der Waals surface area contributed by atoms with E-state index >= 15 is 0 Å². The smallest absolute Gasteiger partial charge is 0.259 e. The van der Waals surface area contributed by atoms with Crippen LogP contribution in [-0.4, -0.2) is 38.8 Å². The number of amides is 1. The lowest BCUT2D eigenvalue weighted by Gasteiger charge is -2.16. The van der Waals surface area contributed by atoms with Gasteiger partial charge in [0.15, 0.2) is 0 Å². The van der Waals surface area contributed by atoms with Crippen LogP contribution in [-0.2, 0) is 6.54 Å². The Hall–Kier alpha value is -3.71. The van der Waals surface area contributed by atoms with E-state index in [0.29, 0.717) is 11.3 Å². The van der Waals surface area contributed by atoms with E-state index in [1.165, 1.54) is 17.7 Å². The van der Waals surface area contributed by atoms with Gasteiger partial charge < -0.3 is 5.32 Å². The fourth-order valence-electron chi connectivity index (χ4n) is 4.33. The van der Waals surface area contributed by atoms with E-state index in [9.17, 15) is 9.18 Å². The molecule has 0 radical (unpaired) electrons. The first-order chi connectivity index (χ1) is 16.1. The molecule has 1 N–H and O–H groups in total. The Kier molecular flexibility index (Phi) is 5.79. The van der Waals surface area contributed by atoms with Crippen molar-refractivity contribution in [1.82, 2.24) is 19.9 Å². The van der Waals surface area contributed by atoms with Crippen LogP contribution < -0.4 is 5.32 Å². The highest BCUT2D eigenvalue weighted by atomic mass is 19.1. The zero-order chi connectivity index (χ0) is 22.8. The largest absolute Gasteiger partial charge is 0.319 e. The zero-order valence-corrected chi connectivity index (χ0v) is 18.3. The third kappa shape index (κ3) is 4.59. The molecule has 7 heteroatoms. The summed E-state index contributed by atoms with van der Waals surface area (Å²) in [5, 5.41) is 3.74. The van der Waals surface area contributed by atoms with Crippen LogP contribution in [0.1, 0.15) is 39.8 Å². The quantitative estimate of drug-likeness (QED) is 0.486. The Morgan fingerprint density at radius 2 is 2.03 bits per heavy atom. The Morgan fingerprint density at radius 1 is 1.15 bits per heavy atom. The van der Waals surface area contributed by atoms with E-state index in [1.807, 2.05) is 12.3 Å². The molecule has 1 atom stereocenters. The van der Waals surface area contributed by atoms with Crippen molar-refractivity contribution >= 4 is 22.5 Å². The highest BCUT2D eigenvalue weighted by Gasteiger charge is 2.27. The molecule has 0 bridgehead atoms. The van der Waals surface area contributed by atoms with E-state index in [1.54, 1.807) is 25.3 Å². The van der Waals surface area contributed by atoms with Gasteiger partial charge in [-0.15, -0.1) is 0 Å². The average molecular weight is 442 g/mol. The number of hydrogen-bond acceptors (Lipinski definition) is 5. The first kappa shape index (κ1) is 21.2. The number of para-hydroxylation sites is 1. The summed E-state index contributed by atoms with van der Waals surface area (Å²) in [7, 11) is 0. The molecular weight excluding hydrogens is 417 g/mol. The number of carbonyl (C=O) groups is 1. The van der Waals surface area contributed by atoms with Gasteiger partial charge in [-0.3, -0.25) is 14.7 Å². The minimum atomic E-state index is -0.477. The first-order valence-electron chi connectivity index (χ1n) is 11.0. The van der Waals surface area contributed by atoms with Crippen molar-refractivity contribution in [2.24, 2.45) is 0 Å². The fourth-order valence-corrected chi connectivity index (χ4v) is 4.33. The van der Waals surface area contributed by atoms with Crippen molar-refractivity contribution in [3.8, 4) is 0 Å². The zero-order valence-electron chi connectivity index (χ0n) is 18.3. The van der Waals surface area contributed by atoms with Gasteiger partial charge in [-0.05, 0) is 55.8 Å². The Bertz CT molecular complexity index is 1330. The molecule has 0 unspecified atom stereocenters. The van der Waals surface area contributed by atoms with Crippen LogP contribution in [0, 0.1) is 12.7 Å². The Balaban J connectivity index is 1.25. The summed E-state index contributed by atoms with van der Waals surface area (Å²) in [6, 6.07) is 16.5. The van der Waals surface area contributed by atoms with Gasteiger partial charge in [-0.2, -0.15) is 0 Å². The molecule has 5 rings (SSSR count). The molecule has 1 fully saturated rings. The third-order valence-corrected chi connectivity index (χ3v) is 6.08. The van der Waals surface area contributed by atoms with Crippen molar-refractivity contribution in [2.45, 2.75) is 25.8 Å². The number of halogens is 1. The number of rotatable bonds is 5. The highest BCUT2D eigenvalue weighted by molar-refractivity contribution is 6.04. The Labute approximate surface area is 191 Å². The minimum absolute atomic E-state index is 0.141. The van der Waals surface area contributed by atoms with E-state index in [0.717, 1.165) is 42.8 Å². The van der Waals surface area contributed by atoms with Crippen molar-refractivity contribution in [2.75, 3.05) is 18.4 Å². The molecular formula is C26H24FN5O. The number of anilines is 1. The number of benzene rings is 2. The summed E-state index contributed by atoms with van der Waals surface area (Å²) in [6.45, 7) is 4.49. The van der Waals surface area contributed by atoms with E-state index in [4.69, 9.17) is 0 Å². The molecule has 1 aliphatic rings. The average Bonchev–Trinajstić information content (AvgIpc) is 3.29. The van der Waals surface area contributed by atoms with Gasteiger partial charge in [0.1, 0.15) is 11.6 Å². The van der Waals surface area contributed by atoms with Crippen molar-refractivity contribution < 1.29 is 9.18 Å². The number of aryl methyl sites for hydroxylation is 1. The van der Waals surface area contributed by atoms with Gasteiger partial charge in [0.05, 0.1) is 22.5 Å². The van der Waals surface area contributed by atoms with Crippen LogP contribution in [0.2, 0.25) is 0 Å². The van der Waals surface area contributed by atoms with Gasteiger partial charge in [0, 0.05) is 36.8 Å². The van der Waals surface area contributed by atoms with Crippen molar-refractivity contribution in [1.29, 1.82) is 0 Å². The molecule has 3 heterocycles.